The van der Waals surface area contributed by atoms with E-state index >= 15 is 0 Å². The molecule has 2 rings (SSSR count). The summed E-state index contributed by atoms with van der Waals surface area (Å²) < 4.78 is 43.8. The number of carbonyl (C=O) groups is 1. The van der Waals surface area contributed by atoms with E-state index in [1.807, 2.05) is 0 Å². The summed E-state index contributed by atoms with van der Waals surface area (Å²) in [6.45, 7) is 0. The van der Waals surface area contributed by atoms with Gasteiger partial charge in [-0.15, -0.1) is 0 Å². The lowest BCUT2D eigenvalue weighted by Crippen LogP contribution is -2.08. The molecule has 0 radical (unpaired) electrons. The summed E-state index contributed by atoms with van der Waals surface area (Å²) >= 11 is 5.83. The van der Waals surface area contributed by atoms with Gasteiger partial charge in [0.05, 0.1) is 23.3 Å². The lowest BCUT2D eigenvalue weighted by atomic mass is 9.97. The Kier molecular flexibility index (Phi) is 4.32. The first-order valence-electron chi connectivity index (χ1n) is 6.03. The Labute approximate surface area is 128 Å². The lowest BCUT2D eigenvalue weighted by Gasteiger charge is -2.15. The number of aromatic carboxylic acids is 1. The molecule has 0 bridgehead atoms. The minimum atomic E-state index is -4.62. The van der Waals surface area contributed by atoms with Crippen LogP contribution in [0.3, 0.4) is 0 Å². The number of hydrogen-bond donors (Lipinski definition) is 1. The molecule has 0 spiro atoms. The Morgan fingerprint density at radius 3 is 2.45 bits per heavy atom. The molecule has 0 heterocycles. The van der Waals surface area contributed by atoms with Gasteiger partial charge in [-0.1, -0.05) is 29.8 Å². The molecule has 22 heavy (non-hydrogen) atoms. The fourth-order valence-corrected chi connectivity index (χ4v) is 2.33. The van der Waals surface area contributed by atoms with Gasteiger partial charge in [-0.25, -0.2) is 4.79 Å². The number of methoxy groups -OCH3 is 1. The van der Waals surface area contributed by atoms with Gasteiger partial charge in [-0.05, 0) is 29.3 Å². The van der Waals surface area contributed by atoms with Crippen LogP contribution in [0.2, 0.25) is 5.02 Å². The minimum Gasteiger partial charge on any atom is -0.496 e. The molecule has 3 nitrogen and oxygen atoms in total. The predicted molar refractivity (Wildman–Crippen MR) is 75.4 cm³/mol. The molecule has 0 fully saturated rings. The number of halogens is 4. The lowest BCUT2D eigenvalue weighted by molar-refractivity contribution is -0.138. The molecule has 0 aliphatic carbocycles. The number of carboxylic acids is 1. The third kappa shape index (κ3) is 3.01. The zero-order valence-corrected chi connectivity index (χ0v) is 12.0. The summed E-state index contributed by atoms with van der Waals surface area (Å²) in [5, 5.41) is 9.16. The van der Waals surface area contributed by atoms with Gasteiger partial charge >= 0.3 is 12.1 Å². The van der Waals surface area contributed by atoms with Crippen LogP contribution in [0.15, 0.2) is 36.4 Å². The molecular formula is C15H10ClF3O3. The van der Waals surface area contributed by atoms with Crippen LogP contribution in [-0.4, -0.2) is 18.2 Å². The normalized spacial score (nSPS) is 11.3. The first-order chi connectivity index (χ1) is 10.3. The highest BCUT2D eigenvalue weighted by molar-refractivity contribution is 6.34. The summed E-state index contributed by atoms with van der Waals surface area (Å²) in [5.41, 5.74) is -1.03. The predicted octanol–water partition coefficient (Wildman–Crippen LogP) is 4.73. The molecule has 2 aromatic rings. The molecule has 2 aromatic carbocycles. The standard InChI is InChI=1S/C15H10ClF3O3/c1-22-12-6-5-8(7-10(12)15(17,18)19)9-3-2-4-11(16)13(9)14(20)21/h2-7H,1H3,(H,20,21). The van der Waals surface area contributed by atoms with E-state index in [-0.39, 0.29) is 27.5 Å². The number of benzene rings is 2. The highest BCUT2D eigenvalue weighted by Crippen LogP contribution is 2.39. The number of alkyl halides is 3. The second-order valence-electron chi connectivity index (χ2n) is 4.38. The van der Waals surface area contributed by atoms with E-state index in [1.165, 1.54) is 24.3 Å². The van der Waals surface area contributed by atoms with E-state index in [2.05, 4.69) is 0 Å². The molecule has 0 amide bonds. The zero-order chi connectivity index (χ0) is 16.5. The van der Waals surface area contributed by atoms with Crippen molar-refractivity contribution in [3.05, 3.63) is 52.5 Å². The number of rotatable bonds is 3. The molecule has 7 heteroatoms. The monoisotopic (exact) mass is 330 g/mol. The maximum atomic E-state index is 13.0. The Bertz CT molecular complexity index is 726. The molecular weight excluding hydrogens is 321 g/mol. The SMILES string of the molecule is COc1ccc(-c2cccc(Cl)c2C(=O)O)cc1C(F)(F)F. The van der Waals surface area contributed by atoms with Crippen molar-refractivity contribution in [1.82, 2.24) is 0 Å². The maximum Gasteiger partial charge on any atom is 0.419 e. The molecule has 1 N–H and O–H groups in total. The van der Waals surface area contributed by atoms with E-state index in [0.29, 0.717) is 0 Å². The molecule has 0 aliphatic heterocycles. The van der Waals surface area contributed by atoms with E-state index in [4.69, 9.17) is 16.3 Å². The van der Waals surface area contributed by atoms with Crippen LogP contribution in [-0.2, 0) is 6.18 Å². The average molecular weight is 331 g/mol. The average Bonchev–Trinajstić information content (AvgIpc) is 2.45. The summed E-state index contributed by atoms with van der Waals surface area (Å²) in [6, 6.07) is 7.58. The zero-order valence-electron chi connectivity index (χ0n) is 11.2. The van der Waals surface area contributed by atoms with Crippen LogP contribution in [0.5, 0.6) is 5.75 Å². The van der Waals surface area contributed by atoms with Crippen molar-refractivity contribution in [1.29, 1.82) is 0 Å². The summed E-state index contributed by atoms with van der Waals surface area (Å²) in [5.74, 6) is -1.65. The van der Waals surface area contributed by atoms with Gasteiger partial charge in [0, 0.05) is 0 Å². The number of hydrogen-bond acceptors (Lipinski definition) is 2. The van der Waals surface area contributed by atoms with Crippen molar-refractivity contribution in [2.24, 2.45) is 0 Å². The van der Waals surface area contributed by atoms with Crippen molar-refractivity contribution in [2.75, 3.05) is 7.11 Å². The maximum absolute atomic E-state index is 13.0. The smallest absolute Gasteiger partial charge is 0.419 e. The van der Waals surface area contributed by atoms with Crippen molar-refractivity contribution < 1.29 is 27.8 Å². The molecule has 0 atom stereocenters. The molecule has 0 saturated carbocycles. The van der Waals surface area contributed by atoms with Crippen LogP contribution < -0.4 is 4.74 Å². The Morgan fingerprint density at radius 1 is 1.23 bits per heavy atom. The summed E-state index contributed by atoms with van der Waals surface area (Å²) in [7, 11) is 1.13. The van der Waals surface area contributed by atoms with Crippen LogP contribution in [0, 0.1) is 0 Å². The first kappa shape index (κ1) is 16.2. The highest BCUT2D eigenvalue weighted by Gasteiger charge is 2.34. The second kappa shape index (κ2) is 5.88. The van der Waals surface area contributed by atoms with Gasteiger partial charge in [0.2, 0.25) is 0 Å². The minimum absolute atomic E-state index is 0.0469. The molecule has 0 unspecified atom stereocenters. The van der Waals surface area contributed by atoms with Gasteiger partial charge < -0.3 is 9.84 Å². The van der Waals surface area contributed by atoms with Crippen molar-refractivity contribution in [2.45, 2.75) is 6.18 Å². The molecule has 0 aliphatic rings. The van der Waals surface area contributed by atoms with Crippen LogP contribution in [0.4, 0.5) is 13.2 Å². The van der Waals surface area contributed by atoms with Crippen LogP contribution in [0.1, 0.15) is 15.9 Å². The fourth-order valence-electron chi connectivity index (χ4n) is 2.08. The highest BCUT2D eigenvalue weighted by atomic mass is 35.5. The third-order valence-electron chi connectivity index (χ3n) is 3.04. The van der Waals surface area contributed by atoms with E-state index in [0.717, 1.165) is 19.2 Å². The first-order valence-corrected chi connectivity index (χ1v) is 6.41. The van der Waals surface area contributed by atoms with Gasteiger partial charge in [0.15, 0.2) is 0 Å². The summed E-state index contributed by atoms with van der Waals surface area (Å²) in [6.07, 6.45) is -4.62. The quantitative estimate of drug-likeness (QED) is 0.884. The van der Waals surface area contributed by atoms with Crippen LogP contribution >= 0.6 is 11.6 Å². The number of ether oxygens (including phenoxy) is 1. The molecule has 0 aromatic heterocycles. The van der Waals surface area contributed by atoms with Gasteiger partial charge in [-0.3, -0.25) is 0 Å². The van der Waals surface area contributed by atoms with Gasteiger partial charge in [-0.2, -0.15) is 13.2 Å². The third-order valence-corrected chi connectivity index (χ3v) is 3.36. The van der Waals surface area contributed by atoms with E-state index in [1.54, 1.807) is 0 Å². The number of carboxylic acid groups (broad SMARTS) is 1. The van der Waals surface area contributed by atoms with E-state index in [9.17, 15) is 23.1 Å². The fraction of sp³-hybridized carbons (Fsp3) is 0.133. The molecule has 0 saturated heterocycles. The van der Waals surface area contributed by atoms with Crippen molar-refractivity contribution >= 4 is 17.6 Å². The topological polar surface area (TPSA) is 46.5 Å². The second-order valence-corrected chi connectivity index (χ2v) is 4.79. The van der Waals surface area contributed by atoms with Crippen molar-refractivity contribution in [3.8, 4) is 16.9 Å². The Hall–Kier alpha value is -2.21. The largest absolute Gasteiger partial charge is 0.496 e. The molecule has 116 valence electrons. The van der Waals surface area contributed by atoms with E-state index < -0.39 is 17.7 Å². The van der Waals surface area contributed by atoms with Gasteiger partial charge in [0.1, 0.15) is 5.75 Å². The Balaban J connectivity index is 2.70. The van der Waals surface area contributed by atoms with Crippen molar-refractivity contribution in [3.63, 3.8) is 0 Å². The van der Waals surface area contributed by atoms with Crippen LogP contribution in [0.25, 0.3) is 11.1 Å². The Morgan fingerprint density at radius 2 is 1.91 bits per heavy atom. The summed E-state index contributed by atoms with van der Waals surface area (Å²) in [4.78, 5) is 11.3. The van der Waals surface area contributed by atoms with Gasteiger partial charge in [0.25, 0.3) is 0 Å².